The summed E-state index contributed by atoms with van der Waals surface area (Å²) < 4.78 is 10.8. The monoisotopic (exact) mass is 376 g/mol. The predicted octanol–water partition coefficient (Wildman–Crippen LogP) is 4.25. The van der Waals surface area contributed by atoms with Crippen molar-refractivity contribution in [3.63, 3.8) is 0 Å². The Kier molecular flexibility index (Phi) is 10.7. The predicted molar refractivity (Wildman–Crippen MR) is 99.1 cm³/mol. The molecule has 0 aliphatic carbocycles. The van der Waals surface area contributed by atoms with Crippen molar-refractivity contribution in [2.24, 2.45) is 0 Å². The molecule has 2 amide bonds. The molecule has 1 rings (SSSR count). The molecule has 25 heavy (non-hydrogen) atoms. The molecule has 146 valence electrons. The third kappa shape index (κ3) is 8.17. The Morgan fingerprint density at radius 3 is 2.48 bits per heavy atom. The summed E-state index contributed by atoms with van der Waals surface area (Å²) in [6, 6.07) is -0.0329. The molecule has 7 heteroatoms. The van der Waals surface area contributed by atoms with Gasteiger partial charge in [0, 0.05) is 32.4 Å². The van der Waals surface area contributed by atoms with Crippen molar-refractivity contribution in [3.05, 3.63) is 0 Å². The number of unbranched alkanes of at least 4 members (excludes halogenated alkanes) is 5. The third-order valence-corrected chi connectivity index (χ3v) is 4.63. The van der Waals surface area contributed by atoms with Crippen molar-refractivity contribution in [1.29, 1.82) is 0 Å². The topological polar surface area (TPSA) is 59.1 Å². The number of ether oxygens (including phenoxy) is 2. The summed E-state index contributed by atoms with van der Waals surface area (Å²) in [5, 5.41) is 0. The molecule has 6 nitrogen and oxygen atoms in total. The molecular formula is C18H33ClN2O4. The second-order valence-corrected chi connectivity index (χ2v) is 7.18. The fraction of sp³-hybridized carbons (Fsp3) is 0.889. The van der Waals surface area contributed by atoms with E-state index < -0.39 is 6.09 Å². The smallest absolute Gasteiger partial charge is 0.410 e. The average molecular weight is 377 g/mol. The second kappa shape index (κ2) is 12.2. The van der Waals surface area contributed by atoms with Gasteiger partial charge in [-0.3, -0.25) is 0 Å². The van der Waals surface area contributed by atoms with Crippen LogP contribution >= 0.6 is 11.6 Å². The lowest BCUT2D eigenvalue weighted by atomic mass is 10.1. The molecule has 1 aliphatic rings. The Morgan fingerprint density at radius 2 is 1.84 bits per heavy atom. The number of rotatable bonds is 10. The van der Waals surface area contributed by atoms with Crippen molar-refractivity contribution in [3.8, 4) is 0 Å². The van der Waals surface area contributed by atoms with E-state index in [0.29, 0.717) is 31.9 Å². The lowest BCUT2D eigenvalue weighted by molar-refractivity contribution is 0.0708. The first-order valence-electron chi connectivity index (χ1n) is 9.36. The van der Waals surface area contributed by atoms with E-state index in [1.54, 1.807) is 19.0 Å². The maximum Gasteiger partial charge on any atom is 0.410 e. The van der Waals surface area contributed by atoms with E-state index in [2.05, 4.69) is 6.92 Å². The zero-order chi connectivity index (χ0) is 18.7. The summed E-state index contributed by atoms with van der Waals surface area (Å²) in [6.07, 6.45) is 7.16. The summed E-state index contributed by atoms with van der Waals surface area (Å²) in [5.74, 6) is 0.459. The molecular weight excluding hydrogens is 344 g/mol. The second-order valence-electron chi connectivity index (χ2n) is 6.80. The summed E-state index contributed by atoms with van der Waals surface area (Å²) in [6.45, 7) is 3.01. The van der Waals surface area contributed by atoms with Crippen molar-refractivity contribution in [2.75, 3.05) is 33.1 Å². The fourth-order valence-corrected chi connectivity index (χ4v) is 3.21. The molecule has 0 aromatic rings. The van der Waals surface area contributed by atoms with E-state index in [9.17, 15) is 9.59 Å². The van der Waals surface area contributed by atoms with Crippen LogP contribution in [0.2, 0.25) is 0 Å². The number of likely N-dealkylation sites (tertiary alicyclic amines) is 1. The van der Waals surface area contributed by atoms with Gasteiger partial charge in [0.15, 0.2) is 0 Å². The van der Waals surface area contributed by atoms with Crippen LogP contribution in [0.5, 0.6) is 0 Å². The lowest BCUT2D eigenvalue weighted by Gasteiger charge is -2.23. The van der Waals surface area contributed by atoms with Crippen molar-refractivity contribution >= 4 is 23.8 Å². The minimum atomic E-state index is -0.392. The number of hydrogen-bond acceptors (Lipinski definition) is 4. The maximum atomic E-state index is 12.3. The van der Waals surface area contributed by atoms with Gasteiger partial charge >= 0.3 is 12.2 Å². The van der Waals surface area contributed by atoms with Gasteiger partial charge in [-0.2, -0.15) is 0 Å². The van der Waals surface area contributed by atoms with E-state index in [1.165, 1.54) is 30.6 Å². The number of hydrogen-bond donors (Lipinski definition) is 0. The van der Waals surface area contributed by atoms with Crippen LogP contribution in [0.4, 0.5) is 9.59 Å². The van der Waals surface area contributed by atoms with E-state index in [1.807, 2.05) is 0 Å². The van der Waals surface area contributed by atoms with Gasteiger partial charge in [0.25, 0.3) is 0 Å². The molecule has 0 aromatic heterocycles. The van der Waals surface area contributed by atoms with Crippen molar-refractivity contribution < 1.29 is 19.1 Å². The number of nitrogens with zero attached hydrogens (tertiary/aromatic N) is 2. The molecule has 0 N–H and O–H groups in total. The Balaban J connectivity index is 2.36. The summed E-state index contributed by atoms with van der Waals surface area (Å²) in [7, 11) is 3.28. The quantitative estimate of drug-likeness (QED) is 0.422. The molecule has 0 saturated carbocycles. The number of amides is 2. The van der Waals surface area contributed by atoms with Crippen LogP contribution in [-0.4, -0.2) is 67.3 Å². The van der Waals surface area contributed by atoms with Gasteiger partial charge in [-0.25, -0.2) is 9.59 Å². The first-order chi connectivity index (χ1) is 12.0. The zero-order valence-corrected chi connectivity index (χ0v) is 16.6. The Bertz CT molecular complexity index is 407. The Labute approximate surface area is 156 Å². The highest BCUT2D eigenvalue weighted by Gasteiger charge is 2.37. The fourth-order valence-electron chi connectivity index (χ4n) is 2.96. The minimum absolute atomic E-state index is 0.0329. The molecule has 1 fully saturated rings. The van der Waals surface area contributed by atoms with E-state index in [-0.39, 0.29) is 18.2 Å². The van der Waals surface area contributed by atoms with Gasteiger partial charge in [-0.15, -0.1) is 11.6 Å². The van der Waals surface area contributed by atoms with Gasteiger partial charge in [-0.05, 0) is 12.8 Å². The normalized spacial score (nSPS) is 19.8. The van der Waals surface area contributed by atoms with Gasteiger partial charge in [0.2, 0.25) is 0 Å². The lowest BCUT2D eigenvalue weighted by Crippen LogP contribution is -2.37. The Hall–Kier alpha value is -1.17. The summed E-state index contributed by atoms with van der Waals surface area (Å²) >= 11 is 5.85. The highest BCUT2D eigenvalue weighted by atomic mass is 35.5. The first-order valence-corrected chi connectivity index (χ1v) is 9.90. The van der Waals surface area contributed by atoms with Gasteiger partial charge in [0.05, 0.1) is 13.2 Å². The van der Waals surface area contributed by atoms with Gasteiger partial charge in [0.1, 0.15) is 6.10 Å². The van der Waals surface area contributed by atoms with E-state index in [4.69, 9.17) is 21.1 Å². The first kappa shape index (κ1) is 21.9. The molecule has 0 radical (unpaired) electrons. The molecule has 1 heterocycles. The molecule has 0 unspecified atom stereocenters. The highest BCUT2D eigenvalue weighted by Crippen LogP contribution is 2.24. The number of carbonyl (C=O) groups excluding carboxylic acids is 2. The minimum Gasteiger partial charge on any atom is -0.449 e. The van der Waals surface area contributed by atoms with Crippen LogP contribution in [0.3, 0.4) is 0 Å². The average Bonchev–Trinajstić information content (AvgIpc) is 2.96. The molecule has 1 aliphatic heterocycles. The number of carbonyl (C=O) groups is 2. The van der Waals surface area contributed by atoms with Crippen LogP contribution in [0, 0.1) is 0 Å². The zero-order valence-electron chi connectivity index (χ0n) is 15.8. The number of halogens is 1. The standard InChI is InChI=1S/C18H33ClN2O4/c1-4-5-6-7-8-9-12-24-18(23)21-14-16(13-15(21)10-11-19)25-17(22)20(2)3/h15-16H,4-14H2,1-3H3/t15-,16-/m1/s1. The van der Waals surface area contributed by atoms with Crippen LogP contribution in [0.15, 0.2) is 0 Å². The van der Waals surface area contributed by atoms with Gasteiger partial charge < -0.3 is 19.3 Å². The molecule has 0 bridgehead atoms. The van der Waals surface area contributed by atoms with Crippen molar-refractivity contribution in [2.45, 2.75) is 70.4 Å². The molecule has 2 atom stereocenters. The summed E-state index contributed by atoms with van der Waals surface area (Å²) in [4.78, 5) is 27.1. The van der Waals surface area contributed by atoms with Crippen LogP contribution in [0.1, 0.15) is 58.3 Å². The van der Waals surface area contributed by atoms with E-state index >= 15 is 0 Å². The molecule has 0 spiro atoms. The highest BCUT2D eigenvalue weighted by molar-refractivity contribution is 6.17. The molecule has 0 aromatic carbocycles. The largest absolute Gasteiger partial charge is 0.449 e. The Morgan fingerprint density at radius 1 is 1.16 bits per heavy atom. The number of alkyl halides is 1. The van der Waals surface area contributed by atoms with Crippen molar-refractivity contribution in [1.82, 2.24) is 9.80 Å². The van der Waals surface area contributed by atoms with Crippen LogP contribution in [-0.2, 0) is 9.47 Å². The van der Waals surface area contributed by atoms with Gasteiger partial charge in [-0.1, -0.05) is 39.0 Å². The van der Waals surface area contributed by atoms with Crippen LogP contribution < -0.4 is 0 Å². The summed E-state index contributed by atoms with van der Waals surface area (Å²) in [5.41, 5.74) is 0. The SMILES string of the molecule is CCCCCCCCOC(=O)N1C[C@H](OC(=O)N(C)C)C[C@H]1CCCl. The maximum absolute atomic E-state index is 12.3. The molecule has 1 saturated heterocycles. The van der Waals surface area contributed by atoms with Crippen LogP contribution in [0.25, 0.3) is 0 Å². The third-order valence-electron chi connectivity index (χ3n) is 4.41. The van der Waals surface area contributed by atoms with E-state index in [0.717, 1.165) is 12.8 Å².